The summed E-state index contributed by atoms with van der Waals surface area (Å²) in [4.78, 5) is 17.9. The topological polar surface area (TPSA) is 44.6 Å². The Morgan fingerprint density at radius 3 is 2.38 bits per heavy atom. The number of aryl methyl sites for hydroxylation is 1. The van der Waals surface area contributed by atoms with Gasteiger partial charge in [0.15, 0.2) is 0 Å². The summed E-state index contributed by atoms with van der Waals surface area (Å²) >= 11 is 0. The van der Waals surface area contributed by atoms with Crippen LogP contribution in [0.5, 0.6) is 0 Å². The molecule has 0 unspecified atom stereocenters. The van der Waals surface area contributed by atoms with Crippen LogP contribution in [0.25, 0.3) is 0 Å². The molecule has 0 aliphatic carbocycles. The number of nitrogens with zero attached hydrogens (tertiary/aromatic N) is 5. The Hall–Kier alpha value is -1.77. The van der Waals surface area contributed by atoms with E-state index in [4.69, 9.17) is 0 Å². The number of hydrogen-bond donors (Lipinski definition) is 0. The van der Waals surface area contributed by atoms with Gasteiger partial charge in [0.1, 0.15) is 0 Å². The van der Waals surface area contributed by atoms with Crippen LogP contribution in [0.1, 0.15) is 0 Å². The van der Waals surface area contributed by atoms with Crippen LogP contribution in [0.2, 0.25) is 0 Å². The fourth-order valence-electron chi connectivity index (χ4n) is 3.57. The first-order valence-electron chi connectivity index (χ1n) is 8.03. The van der Waals surface area contributed by atoms with Gasteiger partial charge >= 0.3 is 6.18 Å². The lowest BCUT2D eigenvalue weighted by Crippen LogP contribution is -2.52. The highest BCUT2D eigenvalue weighted by molar-refractivity contribution is 5.80. The molecule has 0 spiro atoms. The molecule has 24 heavy (non-hydrogen) atoms. The molecular formula is C15H22F3N5O. The van der Waals surface area contributed by atoms with Crippen molar-refractivity contribution in [1.82, 2.24) is 19.6 Å². The maximum Gasteiger partial charge on any atom is 0.393 e. The van der Waals surface area contributed by atoms with E-state index in [1.807, 2.05) is 13.2 Å². The standard InChI is InChI=1S/C15H22F3N5O/c1-20-9-12(13(10-20)15(16,17)18)14(24)23-5-3-22(4-6-23)11-7-19-21(2)8-11/h7-8,12-13H,3-6,9-10H2,1-2H3/t12-,13-/m1/s1. The van der Waals surface area contributed by atoms with E-state index in [-0.39, 0.29) is 19.0 Å². The summed E-state index contributed by atoms with van der Waals surface area (Å²) in [5, 5.41) is 4.12. The number of carbonyl (C=O) groups excluding carboxylic acids is 1. The molecular weight excluding hydrogens is 323 g/mol. The Kier molecular flexibility index (Phi) is 4.46. The lowest BCUT2D eigenvalue weighted by molar-refractivity contribution is -0.186. The van der Waals surface area contributed by atoms with E-state index in [0.717, 1.165) is 5.69 Å². The highest BCUT2D eigenvalue weighted by Gasteiger charge is 2.52. The van der Waals surface area contributed by atoms with E-state index in [2.05, 4.69) is 10.00 Å². The molecule has 2 aliphatic rings. The van der Waals surface area contributed by atoms with Crippen molar-refractivity contribution in [2.24, 2.45) is 18.9 Å². The highest BCUT2D eigenvalue weighted by atomic mass is 19.4. The van der Waals surface area contributed by atoms with Gasteiger partial charge in [-0.05, 0) is 7.05 Å². The number of rotatable bonds is 2. The third kappa shape index (κ3) is 3.35. The van der Waals surface area contributed by atoms with Gasteiger partial charge in [-0.15, -0.1) is 0 Å². The molecule has 2 fully saturated rings. The summed E-state index contributed by atoms with van der Waals surface area (Å²) in [6.07, 6.45) is -0.686. The average molecular weight is 345 g/mol. The van der Waals surface area contributed by atoms with Crippen LogP contribution >= 0.6 is 0 Å². The number of carbonyl (C=O) groups is 1. The zero-order chi connectivity index (χ0) is 17.5. The fraction of sp³-hybridized carbons (Fsp3) is 0.733. The summed E-state index contributed by atoms with van der Waals surface area (Å²) in [5.41, 5.74) is 0.971. The van der Waals surface area contributed by atoms with E-state index in [9.17, 15) is 18.0 Å². The first-order chi connectivity index (χ1) is 11.3. The normalized spacial score (nSPS) is 26.2. The SMILES string of the molecule is CN1C[C@@H](C(F)(F)F)[C@H](C(=O)N2CCN(c3cnn(C)c3)CC2)C1. The van der Waals surface area contributed by atoms with Gasteiger partial charge in [0.25, 0.3) is 0 Å². The molecule has 0 aromatic carbocycles. The molecule has 2 atom stereocenters. The molecule has 134 valence electrons. The lowest BCUT2D eigenvalue weighted by Gasteiger charge is -2.37. The van der Waals surface area contributed by atoms with Crippen LogP contribution in [-0.4, -0.2) is 78.0 Å². The summed E-state index contributed by atoms with van der Waals surface area (Å²) in [7, 11) is 3.46. The second-order valence-electron chi connectivity index (χ2n) is 6.66. The van der Waals surface area contributed by atoms with E-state index in [1.54, 1.807) is 27.7 Å². The summed E-state index contributed by atoms with van der Waals surface area (Å²) in [6.45, 7) is 2.17. The second kappa shape index (κ2) is 6.27. The molecule has 3 heterocycles. The molecule has 2 saturated heterocycles. The van der Waals surface area contributed by atoms with Crippen LogP contribution in [-0.2, 0) is 11.8 Å². The number of anilines is 1. The van der Waals surface area contributed by atoms with E-state index in [0.29, 0.717) is 26.2 Å². The van der Waals surface area contributed by atoms with Gasteiger partial charge in [0.2, 0.25) is 5.91 Å². The zero-order valence-electron chi connectivity index (χ0n) is 13.8. The minimum atomic E-state index is -4.33. The van der Waals surface area contributed by atoms with Crippen LogP contribution in [0.3, 0.4) is 0 Å². The van der Waals surface area contributed by atoms with Gasteiger partial charge < -0.3 is 14.7 Å². The Bertz CT molecular complexity index is 594. The van der Waals surface area contributed by atoms with Gasteiger partial charge in [-0.2, -0.15) is 18.3 Å². The number of hydrogen-bond acceptors (Lipinski definition) is 4. The van der Waals surface area contributed by atoms with E-state index < -0.39 is 18.0 Å². The van der Waals surface area contributed by atoms with Crippen molar-refractivity contribution in [2.45, 2.75) is 6.18 Å². The molecule has 6 nitrogen and oxygen atoms in total. The van der Waals surface area contributed by atoms with E-state index in [1.165, 1.54) is 0 Å². The largest absolute Gasteiger partial charge is 0.393 e. The monoisotopic (exact) mass is 345 g/mol. The van der Waals surface area contributed by atoms with Crippen molar-refractivity contribution in [3.05, 3.63) is 12.4 Å². The molecule has 2 aliphatic heterocycles. The van der Waals surface area contributed by atoms with Gasteiger partial charge in [-0.25, -0.2) is 0 Å². The second-order valence-corrected chi connectivity index (χ2v) is 6.66. The molecule has 0 saturated carbocycles. The zero-order valence-corrected chi connectivity index (χ0v) is 13.8. The summed E-state index contributed by atoms with van der Waals surface area (Å²) in [6, 6.07) is 0. The van der Waals surface area contributed by atoms with Crippen molar-refractivity contribution >= 4 is 11.6 Å². The third-order valence-corrected chi connectivity index (χ3v) is 4.89. The maximum absolute atomic E-state index is 13.2. The fourth-order valence-corrected chi connectivity index (χ4v) is 3.57. The van der Waals surface area contributed by atoms with Gasteiger partial charge in [-0.1, -0.05) is 0 Å². The van der Waals surface area contributed by atoms with Crippen LogP contribution in [0, 0.1) is 11.8 Å². The molecule has 1 amide bonds. The quantitative estimate of drug-likeness (QED) is 0.796. The number of aromatic nitrogens is 2. The maximum atomic E-state index is 13.2. The first-order valence-corrected chi connectivity index (χ1v) is 8.03. The number of piperazine rings is 1. The summed E-state index contributed by atoms with van der Waals surface area (Å²) < 4.78 is 41.3. The Balaban J connectivity index is 1.62. The van der Waals surface area contributed by atoms with Crippen molar-refractivity contribution in [3.63, 3.8) is 0 Å². The number of likely N-dealkylation sites (tertiary alicyclic amines) is 1. The predicted molar refractivity (Wildman–Crippen MR) is 82.5 cm³/mol. The predicted octanol–water partition coefficient (Wildman–Crippen LogP) is 0.809. The van der Waals surface area contributed by atoms with Crippen molar-refractivity contribution in [3.8, 4) is 0 Å². The Labute approximate surface area is 138 Å². The summed E-state index contributed by atoms with van der Waals surface area (Å²) in [5.74, 6) is -2.92. The third-order valence-electron chi connectivity index (χ3n) is 4.89. The van der Waals surface area contributed by atoms with Crippen LogP contribution in [0.4, 0.5) is 18.9 Å². The number of alkyl halides is 3. The Morgan fingerprint density at radius 1 is 1.17 bits per heavy atom. The van der Waals surface area contributed by atoms with Gasteiger partial charge in [0, 0.05) is 52.5 Å². The number of amides is 1. The van der Waals surface area contributed by atoms with Crippen molar-refractivity contribution in [1.29, 1.82) is 0 Å². The minimum Gasteiger partial charge on any atom is -0.365 e. The first kappa shape index (κ1) is 17.1. The average Bonchev–Trinajstić information content (AvgIpc) is 3.12. The molecule has 9 heteroatoms. The van der Waals surface area contributed by atoms with Gasteiger partial charge in [-0.3, -0.25) is 9.48 Å². The van der Waals surface area contributed by atoms with E-state index >= 15 is 0 Å². The van der Waals surface area contributed by atoms with Crippen molar-refractivity contribution < 1.29 is 18.0 Å². The Morgan fingerprint density at radius 2 is 1.83 bits per heavy atom. The molecule has 1 aromatic heterocycles. The molecule has 0 radical (unpaired) electrons. The smallest absolute Gasteiger partial charge is 0.365 e. The number of halogens is 3. The molecule has 1 aromatic rings. The highest BCUT2D eigenvalue weighted by Crippen LogP contribution is 2.38. The van der Waals surface area contributed by atoms with Gasteiger partial charge in [0.05, 0.1) is 23.7 Å². The molecule has 0 N–H and O–H groups in total. The molecule has 3 rings (SSSR count). The van der Waals surface area contributed by atoms with Crippen LogP contribution in [0.15, 0.2) is 12.4 Å². The van der Waals surface area contributed by atoms with Crippen molar-refractivity contribution in [2.75, 3.05) is 51.2 Å². The molecule has 0 bridgehead atoms. The van der Waals surface area contributed by atoms with Crippen LogP contribution < -0.4 is 4.90 Å². The lowest BCUT2D eigenvalue weighted by atomic mass is 9.93. The minimum absolute atomic E-state index is 0.102.